The lowest BCUT2D eigenvalue weighted by Gasteiger charge is -2.02. The molecule has 0 unspecified atom stereocenters. The van der Waals surface area contributed by atoms with Crippen molar-refractivity contribution in [1.29, 1.82) is 0 Å². The van der Waals surface area contributed by atoms with Crippen LogP contribution in [-0.2, 0) is 0 Å². The summed E-state index contributed by atoms with van der Waals surface area (Å²) in [5, 5.41) is 25.8. The highest BCUT2D eigenvalue weighted by Gasteiger charge is 2.16. The highest BCUT2D eigenvalue weighted by Crippen LogP contribution is 2.24. The molecule has 0 heterocycles. The number of phenols is 1. The van der Waals surface area contributed by atoms with Crippen molar-refractivity contribution in [3.05, 3.63) is 23.0 Å². The minimum atomic E-state index is -1.79. The van der Waals surface area contributed by atoms with E-state index in [4.69, 9.17) is 26.8 Å². The quantitative estimate of drug-likeness (QED) is 0.540. The van der Waals surface area contributed by atoms with Crippen molar-refractivity contribution in [2.75, 3.05) is 0 Å². The Morgan fingerprint density at radius 3 is 2.33 bits per heavy atom. The Kier molecular flexibility index (Phi) is 2.57. The van der Waals surface area contributed by atoms with Crippen molar-refractivity contribution in [1.82, 2.24) is 0 Å². The predicted molar refractivity (Wildman–Crippen MR) is 42.9 cm³/mol. The highest BCUT2D eigenvalue weighted by atomic mass is 35.5. The van der Waals surface area contributed by atoms with Gasteiger partial charge in [0.25, 0.3) is 0 Å². The van der Waals surface area contributed by atoms with Gasteiger partial charge in [-0.2, -0.15) is 0 Å². The van der Waals surface area contributed by atoms with Gasteiger partial charge in [0.15, 0.2) is 11.6 Å². The average molecular weight is 190 g/mol. The zero-order chi connectivity index (χ0) is 9.30. The largest absolute Gasteiger partial charge is 0.504 e. The van der Waals surface area contributed by atoms with Gasteiger partial charge in [0.05, 0.1) is 5.02 Å². The Hall–Kier alpha value is -0.775. The molecule has 0 aliphatic rings. The highest BCUT2D eigenvalue weighted by molar-refractivity contribution is 6.59. The van der Waals surface area contributed by atoms with Crippen LogP contribution in [0.1, 0.15) is 0 Å². The molecule has 0 aliphatic carbocycles. The fourth-order valence-corrected chi connectivity index (χ4v) is 0.950. The first-order valence-corrected chi connectivity index (χ1v) is 3.44. The number of hydrogen-bond acceptors (Lipinski definition) is 3. The number of halogens is 2. The molecule has 3 N–H and O–H groups in total. The minimum Gasteiger partial charge on any atom is -0.504 e. The van der Waals surface area contributed by atoms with Gasteiger partial charge in [-0.1, -0.05) is 11.6 Å². The van der Waals surface area contributed by atoms with Gasteiger partial charge in [-0.15, -0.1) is 0 Å². The number of hydrogen-bond donors (Lipinski definition) is 3. The van der Waals surface area contributed by atoms with Crippen LogP contribution in [0.25, 0.3) is 0 Å². The Labute approximate surface area is 73.2 Å². The van der Waals surface area contributed by atoms with Gasteiger partial charge in [-0.25, -0.2) is 4.39 Å². The van der Waals surface area contributed by atoms with Crippen LogP contribution in [0.4, 0.5) is 4.39 Å². The standard InChI is InChI=1S/C6H5BClFO3/c8-4-1-3(7(11)12)2-5(9)6(4)10/h1-2,10-12H. The molecule has 6 heteroatoms. The van der Waals surface area contributed by atoms with E-state index in [-0.39, 0.29) is 10.5 Å². The first kappa shape index (κ1) is 9.31. The molecule has 12 heavy (non-hydrogen) atoms. The summed E-state index contributed by atoms with van der Waals surface area (Å²) in [5.74, 6) is -1.67. The van der Waals surface area contributed by atoms with E-state index in [0.717, 1.165) is 12.1 Å². The number of phenolic OH excluding ortho intramolecular Hbond substituents is 1. The normalized spacial score (nSPS) is 10.0. The van der Waals surface area contributed by atoms with Crippen LogP contribution in [0.15, 0.2) is 12.1 Å². The van der Waals surface area contributed by atoms with Crippen molar-refractivity contribution >= 4 is 24.2 Å². The van der Waals surface area contributed by atoms with E-state index in [1.165, 1.54) is 0 Å². The summed E-state index contributed by atoms with van der Waals surface area (Å²) in [6.07, 6.45) is 0. The van der Waals surface area contributed by atoms with E-state index >= 15 is 0 Å². The summed E-state index contributed by atoms with van der Waals surface area (Å²) in [4.78, 5) is 0. The second-order valence-electron chi connectivity index (χ2n) is 2.21. The third-order valence-electron chi connectivity index (χ3n) is 1.34. The van der Waals surface area contributed by atoms with Crippen LogP contribution in [0, 0.1) is 5.82 Å². The maximum Gasteiger partial charge on any atom is 0.488 e. The van der Waals surface area contributed by atoms with Crippen molar-refractivity contribution < 1.29 is 19.5 Å². The fraction of sp³-hybridized carbons (Fsp3) is 0. The molecule has 1 aromatic carbocycles. The van der Waals surface area contributed by atoms with Gasteiger partial charge >= 0.3 is 7.12 Å². The molecule has 1 aromatic rings. The number of aromatic hydroxyl groups is 1. The lowest BCUT2D eigenvalue weighted by Crippen LogP contribution is -2.30. The van der Waals surface area contributed by atoms with Crippen molar-refractivity contribution in [2.45, 2.75) is 0 Å². The summed E-state index contributed by atoms with van der Waals surface area (Å²) in [5.41, 5.74) is -0.102. The van der Waals surface area contributed by atoms with Gasteiger partial charge in [0.2, 0.25) is 0 Å². The number of rotatable bonds is 1. The van der Waals surface area contributed by atoms with Crippen molar-refractivity contribution in [2.24, 2.45) is 0 Å². The summed E-state index contributed by atoms with van der Waals surface area (Å²) in [6, 6.07) is 1.87. The van der Waals surface area contributed by atoms with E-state index in [9.17, 15) is 4.39 Å². The molecule has 0 aliphatic heterocycles. The monoisotopic (exact) mass is 190 g/mol. The topological polar surface area (TPSA) is 60.7 Å². The maximum atomic E-state index is 12.6. The molecule has 3 nitrogen and oxygen atoms in total. The molecule has 0 radical (unpaired) electrons. The summed E-state index contributed by atoms with van der Waals surface area (Å²) >= 11 is 5.35. The SMILES string of the molecule is OB(O)c1cc(F)c(O)c(Cl)c1. The molecule has 0 saturated heterocycles. The molecular formula is C6H5BClFO3. The third kappa shape index (κ3) is 1.69. The van der Waals surface area contributed by atoms with E-state index in [2.05, 4.69) is 0 Å². The first-order chi connectivity index (χ1) is 5.52. The zero-order valence-electron chi connectivity index (χ0n) is 5.83. The Bertz CT molecular complexity index is 282. The minimum absolute atomic E-state index is 0.102. The molecule has 0 atom stereocenters. The van der Waals surface area contributed by atoms with E-state index < -0.39 is 18.7 Å². The van der Waals surface area contributed by atoms with Gasteiger partial charge < -0.3 is 15.2 Å². The lowest BCUT2D eigenvalue weighted by atomic mass is 9.80. The van der Waals surface area contributed by atoms with Crippen LogP contribution in [0.2, 0.25) is 5.02 Å². The van der Waals surface area contributed by atoms with E-state index in [1.807, 2.05) is 0 Å². The average Bonchev–Trinajstić information content (AvgIpc) is 1.99. The predicted octanol–water partition coefficient (Wildman–Crippen LogP) is -0.136. The molecule has 0 fully saturated rings. The smallest absolute Gasteiger partial charge is 0.488 e. The van der Waals surface area contributed by atoms with E-state index in [1.54, 1.807) is 0 Å². The van der Waals surface area contributed by atoms with Gasteiger partial charge in [-0.3, -0.25) is 0 Å². The molecule has 0 aromatic heterocycles. The van der Waals surface area contributed by atoms with Crippen LogP contribution in [0.3, 0.4) is 0 Å². The molecule has 0 spiro atoms. The molecular weight excluding hydrogens is 185 g/mol. The van der Waals surface area contributed by atoms with Crippen LogP contribution in [-0.4, -0.2) is 22.3 Å². The summed E-state index contributed by atoms with van der Waals surface area (Å²) in [7, 11) is -1.79. The van der Waals surface area contributed by atoms with Crippen molar-refractivity contribution in [3.63, 3.8) is 0 Å². The number of benzene rings is 1. The van der Waals surface area contributed by atoms with Gasteiger partial charge in [-0.05, 0) is 17.6 Å². The summed E-state index contributed by atoms with van der Waals surface area (Å²) < 4.78 is 12.6. The van der Waals surface area contributed by atoms with Crippen LogP contribution < -0.4 is 5.46 Å². The van der Waals surface area contributed by atoms with Gasteiger partial charge in [0.1, 0.15) is 0 Å². The lowest BCUT2D eigenvalue weighted by molar-refractivity contribution is 0.422. The Balaban J connectivity index is 3.21. The molecule has 64 valence electrons. The van der Waals surface area contributed by atoms with Gasteiger partial charge in [0, 0.05) is 0 Å². The van der Waals surface area contributed by atoms with Crippen molar-refractivity contribution in [3.8, 4) is 5.75 Å². The Morgan fingerprint density at radius 2 is 1.92 bits per heavy atom. The van der Waals surface area contributed by atoms with E-state index in [0.29, 0.717) is 0 Å². The zero-order valence-corrected chi connectivity index (χ0v) is 6.59. The third-order valence-corrected chi connectivity index (χ3v) is 1.63. The van der Waals surface area contributed by atoms with Crippen LogP contribution in [0.5, 0.6) is 5.75 Å². The van der Waals surface area contributed by atoms with Crippen LogP contribution >= 0.6 is 11.6 Å². The second kappa shape index (κ2) is 3.31. The first-order valence-electron chi connectivity index (χ1n) is 3.06. The maximum absolute atomic E-state index is 12.6. The molecule has 0 saturated carbocycles. The molecule has 1 rings (SSSR count). The Morgan fingerprint density at radius 1 is 1.33 bits per heavy atom. The second-order valence-corrected chi connectivity index (χ2v) is 2.61. The summed E-state index contributed by atoms with van der Waals surface area (Å²) in [6.45, 7) is 0. The molecule has 0 amide bonds. The fourth-order valence-electron chi connectivity index (χ4n) is 0.734. The molecule has 0 bridgehead atoms.